The standard InChI is InChI=1S/C24H36O3/c1-23-12-10-17(27-22-5-3-4-14-26-22)15-16(23)6-7-18-19-8-9-21(25)24(19,2)13-11-20(18)23/h6,17-20,22H,3-5,7-15H2,1-2H3/t17-,18+,19-,20+,22+,23-,24-/m0/s1. The van der Waals surface area contributed by atoms with Crippen molar-refractivity contribution in [3.8, 4) is 0 Å². The molecule has 0 bridgehead atoms. The van der Waals surface area contributed by atoms with Gasteiger partial charge in [-0.25, -0.2) is 0 Å². The zero-order valence-electron chi connectivity index (χ0n) is 17.2. The van der Waals surface area contributed by atoms with Gasteiger partial charge in [0.15, 0.2) is 6.29 Å². The number of hydrogen-bond acceptors (Lipinski definition) is 3. The molecule has 5 aliphatic rings. The quantitative estimate of drug-likeness (QED) is 0.606. The number of carbonyl (C=O) groups excluding carboxylic acids is 1. The van der Waals surface area contributed by atoms with Gasteiger partial charge in [0.05, 0.1) is 6.10 Å². The van der Waals surface area contributed by atoms with Crippen molar-refractivity contribution >= 4 is 5.78 Å². The molecule has 1 heterocycles. The highest BCUT2D eigenvalue weighted by atomic mass is 16.7. The highest BCUT2D eigenvalue weighted by Gasteiger charge is 2.58. The molecule has 0 N–H and O–H groups in total. The van der Waals surface area contributed by atoms with Crippen molar-refractivity contribution in [2.45, 2.75) is 96.9 Å². The summed E-state index contributed by atoms with van der Waals surface area (Å²) in [7, 11) is 0. The number of carbonyl (C=O) groups is 1. The molecule has 27 heavy (non-hydrogen) atoms. The Kier molecular flexibility index (Phi) is 4.55. The molecule has 7 atom stereocenters. The van der Waals surface area contributed by atoms with Crippen molar-refractivity contribution in [1.82, 2.24) is 0 Å². The van der Waals surface area contributed by atoms with E-state index in [4.69, 9.17) is 9.47 Å². The Morgan fingerprint density at radius 3 is 2.67 bits per heavy atom. The second-order valence-corrected chi connectivity index (χ2v) is 10.5. The van der Waals surface area contributed by atoms with Crippen LogP contribution < -0.4 is 0 Å². The van der Waals surface area contributed by atoms with Gasteiger partial charge in [0.2, 0.25) is 0 Å². The molecule has 0 aromatic carbocycles. The van der Waals surface area contributed by atoms with Crippen molar-refractivity contribution in [1.29, 1.82) is 0 Å². The Hall–Kier alpha value is -0.670. The van der Waals surface area contributed by atoms with Crippen LogP contribution in [0.4, 0.5) is 0 Å². The molecule has 0 spiro atoms. The molecule has 1 saturated heterocycles. The molecule has 150 valence electrons. The van der Waals surface area contributed by atoms with E-state index < -0.39 is 0 Å². The van der Waals surface area contributed by atoms with Crippen molar-refractivity contribution in [2.75, 3.05) is 6.61 Å². The highest BCUT2D eigenvalue weighted by molar-refractivity contribution is 5.87. The van der Waals surface area contributed by atoms with E-state index in [0.29, 0.717) is 23.2 Å². The molecule has 0 unspecified atom stereocenters. The first-order chi connectivity index (χ1) is 13.0. The van der Waals surface area contributed by atoms with Crippen molar-refractivity contribution in [3.05, 3.63) is 11.6 Å². The lowest BCUT2D eigenvalue weighted by atomic mass is 9.48. The normalized spacial score (nSPS) is 49.8. The van der Waals surface area contributed by atoms with Gasteiger partial charge in [0.1, 0.15) is 5.78 Å². The number of allylic oxidation sites excluding steroid dienone is 1. The molecule has 0 aromatic rings. The minimum absolute atomic E-state index is 0.0124. The molecule has 5 rings (SSSR count). The van der Waals surface area contributed by atoms with E-state index in [0.717, 1.165) is 57.0 Å². The Bertz CT molecular complexity index is 634. The molecule has 3 heteroatoms. The van der Waals surface area contributed by atoms with Crippen LogP contribution in [0.3, 0.4) is 0 Å². The van der Waals surface area contributed by atoms with E-state index in [-0.39, 0.29) is 11.7 Å². The van der Waals surface area contributed by atoms with Crippen LogP contribution in [0.5, 0.6) is 0 Å². The molecule has 3 saturated carbocycles. The Balaban J connectivity index is 1.32. The molecule has 4 fully saturated rings. The first kappa shape index (κ1) is 18.4. The Labute approximate surface area is 164 Å². The summed E-state index contributed by atoms with van der Waals surface area (Å²) in [6.07, 6.45) is 15.4. The molecule has 1 aliphatic heterocycles. The fourth-order valence-electron chi connectivity index (χ4n) is 7.55. The highest BCUT2D eigenvalue weighted by Crippen LogP contribution is 2.64. The average molecular weight is 373 g/mol. The van der Waals surface area contributed by atoms with E-state index in [1.54, 1.807) is 5.57 Å². The van der Waals surface area contributed by atoms with E-state index in [9.17, 15) is 4.79 Å². The number of hydrogen-bond donors (Lipinski definition) is 0. The van der Waals surface area contributed by atoms with Crippen LogP contribution in [0.2, 0.25) is 0 Å². The number of rotatable bonds is 2. The Morgan fingerprint density at radius 1 is 1.04 bits per heavy atom. The van der Waals surface area contributed by atoms with Crippen LogP contribution in [0, 0.1) is 28.6 Å². The van der Waals surface area contributed by atoms with Crippen molar-refractivity contribution in [2.24, 2.45) is 28.6 Å². The maximum Gasteiger partial charge on any atom is 0.157 e. The van der Waals surface area contributed by atoms with Crippen molar-refractivity contribution < 1.29 is 14.3 Å². The smallest absolute Gasteiger partial charge is 0.157 e. The van der Waals surface area contributed by atoms with E-state index in [2.05, 4.69) is 19.9 Å². The molecule has 0 aromatic heterocycles. The summed E-state index contributed by atoms with van der Waals surface area (Å²) >= 11 is 0. The lowest BCUT2D eigenvalue weighted by molar-refractivity contribution is -0.195. The second-order valence-electron chi connectivity index (χ2n) is 10.5. The van der Waals surface area contributed by atoms with Crippen LogP contribution in [0.15, 0.2) is 11.6 Å². The average Bonchev–Trinajstić information content (AvgIpc) is 2.98. The largest absolute Gasteiger partial charge is 0.353 e. The van der Waals surface area contributed by atoms with E-state index >= 15 is 0 Å². The minimum Gasteiger partial charge on any atom is -0.353 e. The zero-order chi connectivity index (χ0) is 18.6. The summed E-state index contributed by atoms with van der Waals surface area (Å²) in [6, 6.07) is 0. The fraction of sp³-hybridized carbons (Fsp3) is 0.875. The maximum atomic E-state index is 12.6. The predicted octanol–water partition coefficient (Wildman–Crippen LogP) is 5.43. The predicted molar refractivity (Wildman–Crippen MR) is 105 cm³/mol. The molecule has 3 nitrogen and oxygen atoms in total. The molecule has 4 aliphatic carbocycles. The van der Waals surface area contributed by atoms with Crippen molar-refractivity contribution in [3.63, 3.8) is 0 Å². The second kappa shape index (κ2) is 6.69. The summed E-state index contributed by atoms with van der Waals surface area (Å²) in [6.45, 7) is 5.67. The third-order valence-electron chi connectivity index (χ3n) is 9.25. The fourth-order valence-corrected chi connectivity index (χ4v) is 7.55. The molecule has 0 amide bonds. The summed E-state index contributed by atoms with van der Waals surface area (Å²) in [4.78, 5) is 12.6. The number of ketones is 1. The van der Waals surface area contributed by atoms with Gasteiger partial charge in [-0.2, -0.15) is 0 Å². The van der Waals surface area contributed by atoms with Gasteiger partial charge in [0, 0.05) is 18.4 Å². The van der Waals surface area contributed by atoms with Crippen LogP contribution in [-0.2, 0) is 14.3 Å². The van der Waals surface area contributed by atoms with Gasteiger partial charge < -0.3 is 9.47 Å². The van der Waals surface area contributed by atoms with Crippen LogP contribution in [0.25, 0.3) is 0 Å². The molecule has 0 radical (unpaired) electrons. The van der Waals surface area contributed by atoms with Crippen LogP contribution in [-0.4, -0.2) is 24.8 Å². The SMILES string of the molecule is C[C@]12CC[C@H](O[C@@H]3CCCCO3)CC1=CC[C@H]1[C@H]2CC[C@]2(C)C(=O)CC[C@@H]12. The number of Topliss-reactive ketones (excluding diaryl/α,β-unsaturated/α-hetero) is 1. The Morgan fingerprint density at radius 2 is 1.85 bits per heavy atom. The summed E-state index contributed by atoms with van der Waals surface area (Å²) in [5.74, 6) is 2.68. The minimum atomic E-state index is -0.0124. The van der Waals surface area contributed by atoms with Crippen LogP contribution >= 0.6 is 0 Å². The summed E-state index contributed by atoms with van der Waals surface area (Å²) < 4.78 is 12.2. The zero-order valence-corrected chi connectivity index (χ0v) is 17.2. The first-order valence-corrected chi connectivity index (χ1v) is 11.5. The molecular formula is C24H36O3. The lowest BCUT2D eigenvalue weighted by Crippen LogP contribution is -2.50. The molecular weight excluding hydrogens is 336 g/mol. The van der Waals surface area contributed by atoms with Gasteiger partial charge in [-0.3, -0.25) is 4.79 Å². The van der Waals surface area contributed by atoms with E-state index in [1.165, 1.54) is 32.1 Å². The third-order valence-corrected chi connectivity index (χ3v) is 9.25. The monoisotopic (exact) mass is 372 g/mol. The lowest BCUT2D eigenvalue weighted by Gasteiger charge is -2.57. The third kappa shape index (κ3) is 2.87. The van der Waals surface area contributed by atoms with Gasteiger partial charge in [0.25, 0.3) is 0 Å². The summed E-state index contributed by atoms with van der Waals surface area (Å²) in [5.41, 5.74) is 1.98. The van der Waals surface area contributed by atoms with Gasteiger partial charge in [-0.15, -0.1) is 0 Å². The van der Waals surface area contributed by atoms with Gasteiger partial charge in [-0.05, 0) is 87.4 Å². The van der Waals surface area contributed by atoms with Gasteiger partial charge in [-0.1, -0.05) is 25.5 Å². The topological polar surface area (TPSA) is 35.5 Å². The van der Waals surface area contributed by atoms with E-state index in [1.807, 2.05) is 0 Å². The first-order valence-electron chi connectivity index (χ1n) is 11.5. The maximum absolute atomic E-state index is 12.6. The van der Waals surface area contributed by atoms with Crippen LogP contribution in [0.1, 0.15) is 84.5 Å². The number of fused-ring (bicyclic) bond motifs is 5. The number of ether oxygens (including phenoxy) is 2. The summed E-state index contributed by atoms with van der Waals surface area (Å²) in [5, 5.41) is 0. The van der Waals surface area contributed by atoms with Gasteiger partial charge >= 0.3 is 0 Å².